The van der Waals surface area contributed by atoms with E-state index in [-0.39, 0.29) is 5.41 Å². The Labute approximate surface area is 74.4 Å². The van der Waals surface area contributed by atoms with Gasteiger partial charge >= 0.3 is 0 Å². The molecule has 0 aromatic heterocycles. The Morgan fingerprint density at radius 1 is 1.50 bits per heavy atom. The fourth-order valence-electron chi connectivity index (χ4n) is 2.26. The van der Waals surface area contributed by atoms with Gasteiger partial charge in [0.05, 0.1) is 0 Å². The molecule has 1 aliphatic rings. The van der Waals surface area contributed by atoms with Crippen molar-refractivity contribution in [2.75, 3.05) is 7.05 Å². The lowest BCUT2D eigenvalue weighted by molar-refractivity contribution is 0.405. The molecule has 3 N–H and O–H groups in total. The van der Waals surface area contributed by atoms with Crippen LogP contribution in [0.2, 0.25) is 0 Å². The molecule has 0 bridgehead atoms. The van der Waals surface area contributed by atoms with Crippen LogP contribution >= 0.6 is 0 Å². The lowest BCUT2D eigenvalue weighted by Gasteiger charge is -2.28. The van der Waals surface area contributed by atoms with Gasteiger partial charge in [-0.25, -0.2) is 5.84 Å². The Morgan fingerprint density at radius 2 is 2.08 bits per heavy atom. The van der Waals surface area contributed by atoms with Crippen LogP contribution in [0.1, 0.15) is 39.0 Å². The van der Waals surface area contributed by atoms with Crippen LogP contribution in [0.3, 0.4) is 0 Å². The van der Waals surface area contributed by atoms with E-state index >= 15 is 0 Å². The first-order chi connectivity index (χ1) is 5.79. The summed E-state index contributed by atoms with van der Waals surface area (Å²) in [6.45, 7) is 2.22. The van der Waals surface area contributed by atoms with Crippen molar-refractivity contribution in [3.05, 3.63) is 0 Å². The van der Waals surface area contributed by atoms with Crippen LogP contribution in [-0.2, 0) is 0 Å². The first kappa shape index (κ1) is 9.52. The number of nitrogens with two attached hydrogens (primary N) is 1. The minimum atomic E-state index is 0.267. The van der Waals surface area contributed by atoms with E-state index in [1.807, 2.05) is 7.05 Å². The molecular formula is C9H19N3. The normalized spacial score (nSPS) is 22.8. The second-order valence-electron chi connectivity index (χ2n) is 3.56. The van der Waals surface area contributed by atoms with Crippen LogP contribution in [-0.4, -0.2) is 12.9 Å². The Bertz CT molecular complexity index is 169. The number of hydrogen-bond donors (Lipinski definition) is 2. The predicted octanol–water partition coefficient (Wildman–Crippen LogP) is 1.45. The lowest BCUT2D eigenvalue weighted by atomic mass is 9.82. The van der Waals surface area contributed by atoms with E-state index in [0.717, 1.165) is 12.3 Å². The molecule has 1 aliphatic carbocycles. The summed E-state index contributed by atoms with van der Waals surface area (Å²) in [6, 6.07) is 0. The third-order valence-corrected chi connectivity index (χ3v) is 3.10. The van der Waals surface area contributed by atoms with E-state index < -0.39 is 0 Å². The third kappa shape index (κ3) is 1.46. The third-order valence-electron chi connectivity index (χ3n) is 3.10. The maximum atomic E-state index is 5.44. The molecule has 0 spiro atoms. The number of nitrogens with zero attached hydrogens (tertiary/aromatic N) is 1. The van der Waals surface area contributed by atoms with Crippen molar-refractivity contribution < 1.29 is 0 Å². The van der Waals surface area contributed by atoms with Crippen molar-refractivity contribution in [1.29, 1.82) is 0 Å². The molecule has 0 amide bonds. The van der Waals surface area contributed by atoms with Crippen molar-refractivity contribution in [3.8, 4) is 0 Å². The molecule has 0 aromatic rings. The first-order valence-corrected chi connectivity index (χ1v) is 4.73. The number of aliphatic imine (C=N–C) groups is 1. The minimum absolute atomic E-state index is 0.267. The molecule has 12 heavy (non-hydrogen) atoms. The molecule has 0 radical (unpaired) electrons. The second kappa shape index (κ2) is 3.90. The van der Waals surface area contributed by atoms with E-state index in [1.165, 1.54) is 25.7 Å². The number of nitrogens with one attached hydrogen (secondary N) is 1. The largest absolute Gasteiger partial charge is 0.312 e. The first-order valence-electron chi connectivity index (χ1n) is 4.73. The highest BCUT2D eigenvalue weighted by Gasteiger charge is 2.36. The SMILES string of the molecule is CCC1(C(=NC)NN)CCCC1. The van der Waals surface area contributed by atoms with Gasteiger partial charge in [-0.3, -0.25) is 4.99 Å². The Balaban J connectivity index is 2.77. The zero-order chi connectivity index (χ0) is 9.03. The van der Waals surface area contributed by atoms with Gasteiger partial charge in [-0.2, -0.15) is 0 Å². The summed E-state index contributed by atoms with van der Waals surface area (Å²) in [5.41, 5.74) is 3.00. The van der Waals surface area contributed by atoms with Crippen molar-refractivity contribution in [1.82, 2.24) is 5.43 Å². The van der Waals surface area contributed by atoms with Crippen molar-refractivity contribution in [2.24, 2.45) is 16.3 Å². The maximum Gasteiger partial charge on any atom is 0.116 e. The lowest BCUT2D eigenvalue weighted by Crippen LogP contribution is -2.42. The van der Waals surface area contributed by atoms with Crippen LogP contribution < -0.4 is 11.3 Å². The fourth-order valence-corrected chi connectivity index (χ4v) is 2.26. The number of hydrazine groups is 1. The summed E-state index contributed by atoms with van der Waals surface area (Å²) in [6.07, 6.45) is 6.24. The van der Waals surface area contributed by atoms with Gasteiger partial charge in [0.2, 0.25) is 0 Å². The highest BCUT2D eigenvalue weighted by Crippen LogP contribution is 2.41. The predicted molar refractivity (Wildman–Crippen MR) is 51.9 cm³/mol. The molecule has 0 atom stereocenters. The van der Waals surface area contributed by atoms with Gasteiger partial charge in [0.1, 0.15) is 5.84 Å². The summed E-state index contributed by atoms with van der Waals surface area (Å²) in [7, 11) is 1.81. The minimum Gasteiger partial charge on any atom is -0.312 e. The molecule has 1 rings (SSSR count). The fraction of sp³-hybridized carbons (Fsp3) is 0.889. The monoisotopic (exact) mass is 169 g/mol. The topological polar surface area (TPSA) is 50.4 Å². The smallest absolute Gasteiger partial charge is 0.116 e. The van der Waals surface area contributed by atoms with Gasteiger partial charge in [0.15, 0.2) is 0 Å². The Hall–Kier alpha value is -0.570. The quantitative estimate of drug-likeness (QED) is 0.284. The average Bonchev–Trinajstić information content (AvgIpc) is 2.56. The summed E-state index contributed by atoms with van der Waals surface area (Å²) in [5.74, 6) is 6.43. The Morgan fingerprint density at radius 3 is 2.42 bits per heavy atom. The van der Waals surface area contributed by atoms with E-state index in [0.29, 0.717) is 0 Å². The van der Waals surface area contributed by atoms with Gasteiger partial charge in [-0.05, 0) is 19.3 Å². The molecule has 3 nitrogen and oxygen atoms in total. The van der Waals surface area contributed by atoms with Crippen LogP contribution in [0.5, 0.6) is 0 Å². The standard InChI is InChI=1S/C9H19N3/c1-3-9(6-4-5-7-9)8(11-2)12-10/h3-7,10H2,1-2H3,(H,11,12). The number of rotatable bonds is 2. The molecule has 0 aromatic carbocycles. The van der Waals surface area contributed by atoms with Crippen LogP contribution in [0, 0.1) is 5.41 Å². The molecule has 70 valence electrons. The van der Waals surface area contributed by atoms with Gasteiger partial charge < -0.3 is 5.43 Å². The van der Waals surface area contributed by atoms with Gasteiger partial charge in [-0.15, -0.1) is 0 Å². The van der Waals surface area contributed by atoms with Crippen LogP contribution in [0.25, 0.3) is 0 Å². The molecule has 1 saturated carbocycles. The zero-order valence-electron chi connectivity index (χ0n) is 8.06. The van der Waals surface area contributed by atoms with Crippen molar-refractivity contribution in [2.45, 2.75) is 39.0 Å². The molecular weight excluding hydrogens is 150 g/mol. The van der Waals surface area contributed by atoms with E-state index in [4.69, 9.17) is 5.84 Å². The summed E-state index contributed by atoms with van der Waals surface area (Å²) in [5, 5.41) is 0. The molecule has 0 saturated heterocycles. The van der Waals surface area contributed by atoms with Crippen LogP contribution in [0.15, 0.2) is 4.99 Å². The van der Waals surface area contributed by atoms with Gasteiger partial charge in [0, 0.05) is 12.5 Å². The highest BCUT2D eigenvalue weighted by atomic mass is 15.3. The van der Waals surface area contributed by atoms with Crippen molar-refractivity contribution >= 4 is 5.84 Å². The number of hydrogen-bond acceptors (Lipinski definition) is 2. The highest BCUT2D eigenvalue weighted by molar-refractivity contribution is 5.87. The number of amidine groups is 1. The van der Waals surface area contributed by atoms with Gasteiger partial charge in [0.25, 0.3) is 0 Å². The van der Waals surface area contributed by atoms with E-state index in [2.05, 4.69) is 17.3 Å². The summed E-state index contributed by atoms with van der Waals surface area (Å²) >= 11 is 0. The van der Waals surface area contributed by atoms with E-state index in [9.17, 15) is 0 Å². The zero-order valence-corrected chi connectivity index (χ0v) is 8.06. The molecule has 1 fully saturated rings. The van der Waals surface area contributed by atoms with Crippen molar-refractivity contribution in [3.63, 3.8) is 0 Å². The molecule has 0 aliphatic heterocycles. The maximum absolute atomic E-state index is 5.44. The average molecular weight is 169 g/mol. The molecule has 0 heterocycles. The Kier molecular flexibility index (Phi) is 3.09. The molecule has 3 heteroatoms. The van der Waals surface area contributed by atoms with Crippen LogP contribution in [0.4, 0.5) is 0 Å². The second-order valence-corrected chi connectivity index (χ2v) is 3.56. The van der Waals surface area contributed by atoms with Gasteiger partial charge in [-0.1, -0.05) is 19.8 Å². The molecule has 0 unspecified atom stereocenters. The summed E-state index contributed by atoms with van der Waals surface area (Å²) in [4.78, 5) is 4.21. The van der Waals surface area contributed by atoms with E-state index in [1.54, 1.807) is 0 Å². The summed E-state index contributed by atoms with van der Waals surface area (Å²) < 4.78 is 0.